The van der Waals surface area contributed by atoms with Gasteiger partial charge in [0.25, 0.3) is 0 Å². The number of amides is 1. The van der Waals surface area contributed by atoms with Crippen molar-refractivity contribution in [1.82, 2.24) is 10.2 Å². The third-order valence-corrected chi connectivity index (χ3v) is 4.67. The van der Waals surface area contributed by atoms with E-state index in [4.69, 9.17) is 0 Å². The van der Waals surface area contributed by atoms with Gasteiger partial charge in [-0.3, -0.25) is 4.79 Å². The van der Waals surface area contributed by atoms with Crippen molar-refractivity contribution in [3.8, 4) is 0 Å². The average Bonchev–Trinajstić information content (AvgIpc) is 2.87. The summed E-state index contributed by atoms with van der Waals surface area (Å²) >= 11 is 1.77. The summed E-state index contributed by atoms with van der Waals surface area (Å²) in [6.45, 7) is 7.70. The van der Waals surface area contributed by atoms with E-state index in [2.05, 4.69) is 24.4 Å². The Balaban J connectivity index is 2.02. The molecule has 1 aromatic rings. The number of carbonyl (C=O) groups is 1. The molecule has 1 aliphatic rings. The van der Waals surface area contributed by atoms with Crippen molar-refractivity contribution in [3.05, 3.63) is 21.9 Å². The second kappa shape index (κ2) is 5.65. The molecule has 0 bridgehead atoms. The monoisotopic (exact) mass is 252 g/mol. The van der Waals surface area contributed by atoms with Crippen molar-refractivity contribution in [2.75, 3.05) is 26.2 Å². The number of aryl methyl sites for hydroxylation is 1. The first-order valence-corrected chi connectivity index (χ1v) is 7.12. The molecule has 1 N–H and O–H groups in total. The lowest BCUT2D eigenvalue weighted by atomic mass is 10.1. The van der Waals surface area contributed by atoms with Crippen LogP contribution in [0.4, 0.5) is 0 Å². The van der Waals surface area contributed by atoms with Crippen molar-refractivity contribution < 1.29 is 4.79 Å². The highest BCUT2D eigenvalue weighted by molar-refractivity contribution is 7.12. The van der Waals surface area contributed by atoms with Gasteiger partial charge >= 0.3 is 0 Å². The Morgan fingerprint density at radius 1 is 1.47 bits per heavy atom. The van der Waals surface area contributed by atoms with E-state index in [0.717, 1.165) is 32.6 Å². The van der Waals surface area contributed by atoms with Gasteiger partial charge in [0.15, 0.2) is 0 Å². The van der Waals surface area contributed by atoms with Crippen LogP contribution in [0.1, 0.15) is 29.5 Å². The maximum Gasteiger partial charge on any atom is 0.230 e. The molecule has 17 heavy (non-hydrogen) atoms. The normalized spacial score (nSPS) is 18.1. The fourth-order valence-corrected chi connectivity index (χ4v) is 3.09. The Labute approximate surface area is 107 Å². The van der Waals surface area contributed by atoms with E-state index in [-0.39, 0.29) is 11.8 Å². The van der Waals surface area contributed by atoms with Gasteiger partial charge in [-0.1, -0.05) is 6.92 Å². The molecule has 4 heteroatoms. The van der Waals surface area contributed by atoms with Gasteiger partial charge in [0.05, 0.1) is 5.92 Å². The zero-order chi connectivity index (χ0) is 12.3. The van der Waals surface area contributed by atoms with Gasteiger partial charge in [0.1, 0.15) is 0 Å². The molecule has 0 saturated carbocycles. The number of rotatable bonds is 3. The molecule has 0 radical (unpaired) electrons. The molecular weight excluding hydrogens is 232 g/mol. The highest BCUT2D eigenvalue weighted by atomic mass is 32.1. The predicted octanol–water partition coefficient (Wildman–Crippen LogP) is 1.85. The molecule has 94 valence electrons. The molecule has 1 unspecified atom stereocenters. The number of thiophene rings is 1. The van der Waals surface area contributed by atoms with E-state index in [1.165, 1.54) is 9.75 Å². The van der Waals surface area contributed by atoms with Crippen LogP contribution in [-0.2, 0) is 11.2 Å². The van der Waals surface area contributed by atoms with Crippen LogP contribution >= 0.6 is 11.3 Å². The zero-order valence-corrected chi connectivity index (χ0v) is 11.3. The topological polar surface area (TPSA) is 32.3 Å². The van der Waals surface area contributed by atoms with E-state index in [1.807, 2.05) is 11.8 Å². The van der Waals surface area contributed by atoms with Gasteiger partial charge in [-0.25, -0.2) is 0 Å². The molecule has 1 aromatic heterocycles. The molecule has 3 nitrogen and oxygen atoms in total. The summed E-state index contributed by atoms with van der Waals surface area (Å²) in [5, 5.41) is 3.27. The predicted molar refractivity (Wildman–Crippen MR) is 71.6 cm³/mol. The highest BCUT2D eigenvalue weighted by Crippen LogP contribution is 2.26. The Bertz CT molecular complexity index is 383. The maximum atomic E-state index is 12.3. The van der Waals surface area contributed by atoms with Crippen LogP contribution in [0.15, 0.2) is 12.1 Å². The van der Waals surface area contributed by atoms with Crippen molar-refractivity contribution in [2.24, 2.45) is 0 Å². The fourth-order valence-electron chi connectivity index (χ4n) is 2.10. The van der Waals surface area contributed by atoms with E-state index in [0.29, 0.717) is 0 Å². The number of hydrogen-bond donors (Lipinski definition) is 1. The minimum absolute atomic E-state index is 0.0124. The summed E-state index contributed by atoms with van der Waals surface area (Å²) in [5.41, 5.74) is 0. The smallest absolute Gasteiger partial charge is 0.230 e. The maximum absolute atomic E-state index is 12.3. The Morgan fingerprint density at radius 2 is 2.18 bits per heavy atom. The van der Waals surface area contributed by atoms with Gasteiger partial charge in [0, 0.05) is 35.9 Å². The number of nitrogens with zero attached hydrogens (tertiary/aromatic N) is 1. The van der Waals surface area contributed by atoms with Crippen LogP contribution in [0.25, 0.3) is 0 Å². The molecular formula is C13H20N2OS. The number of carbonyl (C=O) groups excluding carboxylic acids is 1. The van der Waals surface area contributed by atoms with Crippen LogP contribution in [0.2, 0.25) is 0 Å². The summed E-state index contributed by atoms with van der Waals surface area (Å²) < 4.78 is 0. The molecule has 2 heterocycles. The number of hydrogen-bond acceptors (Lipinski definition) is 3. The van der Waals surface area contributed by atoms with Crippen molar-refractivity contribution >= 4 is 17.2 Å². The van der Waals surface area contributed by atoms with Crippen LogP contribution in [0, 0.1) is 0 Å². The molecule has 0 aliphatic carbocycles. The summed E-state index contributed by atoms with van der Waals surface area (Å²) in [6.07, 6.45) is 1.05. The van der Waals surface area contributed by atoms with E-state index in [1.54, 1.807) is 11.3 Å². The second-order valence-corrected chi connectivity index (χ2v) is 5.65. The molecule has 0 aromatic carbocycles. The largest absolute Gasteiger partial charge is 0.340 e. The van der Waals surface area contributed by atoms with Gasteiger partial charge in [0.2, 0.25) is 5.91 Å². The SMILES string of the molecule is CCc1ccc(C(C)C(=O)N2CCNCC2)s1. The summed E-state index contributed by atoms with van der Waals surface area (Å²) in [4.78, 5) is 16.8. The second-order valence-electron chi connectivity index (χ2n) is 4.45. The van der Waals surface area contributed by atoms with Crippen LogP contribution in [0.3, 0.4) is 0 Å². The Hall–Kier alpha value is -0.870. The minimum atomic E-state index is 0.0124. The summed E-state index contributed by atoms with van der Waals surface area (Å²) in [7, 11) is 0. The average molecular weight is 252 g/mol. The number of piperazine rings is 1. The third-order valence-electron chi connectivity index (χ3n) is 3.26. The van der Waals surface area contributed by atoms with Crippen LogP contribution in [0.5, 0.6) is 0 Å². The summed E-state index contributed by atoms with van der Waals surface area (Å²) in [6, 6.07) is 4.25. The quantitative estimate of drug-likeness (QED) is 0.890. The first-order valence-electron chi connectivity index (χ1n) is 6.30. The van der Waals surface area contributed by atoms with Gasteiger partial charge < -0.3 is 10.2 Å². The van der Waals surface area contributed by atoms with Crippen molar-refractivity contribution in [1.29, 1.82) is 0 Å². The van der Waals surface area contributed by atoms with E-state index in [9.17, 15) is 4.79 Å². The first-order chi connectivity index (χ1) is 8.22. The first kappa shape index (κ1) is 12.6. The van der Waals surface area contributed by atoms with E-state index >= 15 is 0 Å². The fraction of sp³-hybridized carbons (Fsp3) is 0.615. The molecule has 2 rings (SSSR count). The summed E-state index contributed by atoms with van der Waals surface area (Å²) in [5.74, 6) is 0.286. The van der Waals surface area contributed by atoms with Gasteiger partial charge in [-0.15, -0.1) is 11.3 Å². The van der Waals surface area contributed by atoms with Gasteiger partial charge in [-0.05, 0) is 25.5 Å². The highest BCUT2D eigenvalue weighted by Gasteiger charge is 2.24. The zero-order valence-electron chi connectivity index (χ0n) is 10.5. The van der Waals surface area contributed by atoms with Gasteiger partial charge in [-0.2, -0.15) is 0 Å². The lowest BCUT2D eigenvalue weighted by Gasteiger charge is -2.29. The van der Waals surface area contributed by atoms with Crippen LogP contribution in [-0.4, -0.2) is 37.0 Å². The Kier molecular flexibility index (Phi) is 4.18. The molecule has 1 fully saturated rings. The molecule has 1 saturated heterocycles. The van der Waals surface area contributed by atoms with Crippen molar-refractivity contribution in [3.63, 3.8) is 0 Å². The van der Waals surface area contributed by atoms with E-state index < -0.39 is 0 Å². The Morgan fingerprint density at radius 3 is 2.76 bits per heavy atom. The standard InChI is InChI=1S/C13H20N2OS/c1-3-11-4-5-12(17-11)10(2)13(16)15-8-6-14-7-9-15/h4-5,10,14H,3,6-9H2,1-2H3. The minimum Gasteiger partial charge on any atom is -0.340 e. The molecule has 1 aliphatic heterocycles. The lowest BCUT2D eigenvalue weighted by Crippen LogP contribution is -2.47. The third kappa shape index (κ3) is 2.87. The lowest BCUT2D eigenvalue weighted by molar-refractivity contribution is -0.132. The molecule has 0 spiro atoms. The number of nitrogens with one attached hydrogen (secondary N) is 1. The molecule has 1 atom stereocenters. The molecule has 1 amide bonds. The van der Waals surface area contributed by atoms with Crippen LogP contribution < -0.4 is 5.32 Å². The van der Waals surface area contributed by atoms with Crippen molar-refractivity contribution in [2.45, 2.75) is 26.2 Å².